The third kappa shape index (κ3) is 1.82. The van der Waals surface area contributed by atoms with Gasteiger partial charge in [0, 0.05) is 10.0 Å². The molecule has 1 aromatic carbocycles. The van der Waals surface area contributed by atoms with Gasteiger partial charge in [-0.05, 0) is 24.6 Å². The van der Waals surface area contributed by atoms with Crippen molar-refractivity contribution in [3.63, 3.8) is 0 Å². The highest BCUT2D eigenvalue weighted by atomic mass is 79.9. The van der Waals surface area contributed by atoms with Gasteiger partial charge in [-0.2, -0.15) is 4.91 Å². The van der Waals surface area contributed by atoms with Crippen LogP contribution in [0.2, 0.25) is 0 Å². The zero-order chi connectivity index (χ0) is 9.14. The number of nitroso groups, excluding NO2 is 1. The lowest BCUT2D eigenvalue weighted by atomic mass is 10.1. The molecule has 0 spiro atoms. The average Bonchev–Trinajstić information content (AvgIpc) is 2.00. The van der Waals surface area contributed by atoms with Crippen LogP contribution in [0.1, 0.15) is 11.1 Å². The maximum Gasteiger partial charge on any atom is 0.123 e. The third-order valence-electron chi connectivity index (χ3n) is 1.58. The number of phenols is 1. The Balaban J connectivity index is 3.17. The fraction of sp³-hybridized carbons (Fsp3) is 0.250. The van der Waals surface area contributed by atoms with Crippen LogP contribution in [-0.2, 0) is 6.54 Å². The van der Waals surface area contributed by atoms with E-state index in [0.29, 0.717) is 5.56 Å². The minimum Gasteiger partial charge on any atom is -0.507 e. The largest absolute Gasteiger partial charge is 0.507 e. The minimum absolute atomic E-state index is 0.00606. The predicted molar refractivity (Wildman–Crippen MR) is 50.0 cm³/mol. The zero-order valence-corrected chi connectivity index (χ0v) is 8.13. The van der Waals surface area contributed by atoms with Gasteiger partial charge in [0.1, 0.15) is 12.3 Å². The van der Waals surface area contributed by atoms with Crippen LogP contribution in [0.4, 0.5) is 0 Å². The van der Waals surface area contributed by atoms with Gasteiger partial charge in [0.05, 0.1) is 0 Å². The van der Waals surface area contributed by atoms with Gasteiger partial charge in [0.2, 0.25) is 0 Å². The molecule has 0 saturated heterocycles. The van der Waals surface area contributed by atoms with Gasteiger partial charge in [-0.1, -0.05) is 21.1 Å². The molecule has 0 atom stereocenters. The van der Waals surface area contributed by atoms with Crippen LogP contribution >= 0.6 is 15.9 Å². The van der Waals surface area contributed by atoms with Crippen molar-refractivity contribution < 1.29 is 5.11 Å². The number of phenolic OH excluding ortho intramolecular Hbond substituents is 1. The summed E-state index contributed by atoms with van der Waals surface area (Å²) in [6.07, 6.45) is 0. The van der Waals surface area contributed by atoms with Crippen LogP contribution in [0, 0.1) is 11.8 Å². The van der Waals surface area contributed by atoms with Gasteiger partial charge >= 0.3 is 0 Å². The van der Waals surface area contributed by atoms with Gasteiger partial charge in [0.25, 0.3) is 0 Å². The van der Waals surface area contributed by atoms with Gasteiger partial charge in [-0.15, -0.1) is 0 Å². The van der Waals surface area contributed by atoms with Crippen molar-refractivity contribution in [3.8, 4) is 5.75 Å². The summed E-state index contributed by atoms with van der Waals surface area (Å²) >= 11 is 3.26. The maximum atomic E-state index is 9.97. The first-order chi connectivity index (χ1) is 5.65. The molecule has 0 aliphatic heterocycles. The van der Waals surface area contributed by atoms with Crippen LogP contribution in [0.5, 0.6) is 5.75 Å². The molecule has 1 rings (SSSR count). The topological polar surface area (TPSA) is 49.7 Å². The summed E-state index contributed by atoms with van der Waals surface area (Å²) in [5, 5.41) is 12.2. The molecule has 3 nitrogen and oxygen atoms in total. The molecular weight excluding hydrogens is 222 g/mol. The lowest BCUT2D eigenvalue weighted by Gasteiger charge is -2.04. The van der Waals surface area contributed by atoms with Gasteiger partial charge < -0.3 is 5.11 Å². The molecular formula is C8H8BrNO2. The van der Waals surface area contributed by atoms with Crippen molar-refractivity contribution >= 4 is 15.9 Å². The molecule has 0 saturated carbocycles. The van der Waals surface area contributed by atoms with E-state index in [1.807, 2.05) is 0 Å². The molecule has 1 aromatic rings. The minimum atomic E-state index is 0.00606. The second-order valence-electron chi connectivity index (χ2n) is 2.52. The normalized spacial score (nSPS) is 9.83. The molecule has 0 radical (unpaired) electrons. The highest BCUT2D eigenvalue weighted by Crippen LogP contribution is 2.26. The number of rotatable bonds is 2. The Hall–Kier alpha value is -0.900. The second kappa shape index (κ2) is 3.67. The summed E-state index contributed by atoms with van der Waals surface area (Å²) < 4.78 is 0.844. The fourth-order valence-electron chi connectivity index (χ4n) is 0.995. The number of hydrogen-bond donors (Lipinski definition) is 1. The first kappa shape index (κ1) is 9.19. The van der Waals surface area contributed by atoms with Crippen molar-refractivity contribution in [2.24, 2.45) is 5.18 Å². The predicted octanol–water partition coefficient (Wildman–Crippen LogP) is 2.73. The summed E-state index contributed by atoms with van der Waals surface area (Å²) in [5.41, 5.74) is 1.29. The fourth-order valence-corrected chi connectivity index (χ4v) is 1.61. The van der Waals surface area contributed by atoms with Crippen LogP contribution in [-0.4, -0.2) is 5.11 Å². The highest BCUT2D eigenvalue weighted by Gasteiger charge is 2.05. The van der Waals surface area contributed by atoms with Crippen molar-refractivity contribution in [1.29, 1.82) is 0 Å². The lowest BCUT2D eigenvalue weighted by Crippen LogP contribution is -1.85. The third-order valence-corrected chi connectivity index (χ3v) is 2.04. The Kier molecular flexibility index (Phi) is 2.81. The summed E-state index contributed by atoms with van der Waals surface area (Å²) in [5.74, 6) is 0.151. The Morgan fingerprint density at radius 3 is 2.83 bits per heavy atom. The second-order valence-corrected chi connectivity index (χ2v) is 3.43. The van der Waals surface area contributed by atoms with E-state index in [1.165, 1.54) is 0 Å². The molecule has 12 heavy (non-hydrogen) atoms. The van der Waals surface area contributed by atoms with Gasteiger partial charge in [-0.25, -0.2) is 0 Å². The smallest absolute Gasteiger partial charge is 0.123 e. The molecule has 0 aromatic heterocycles. The van der Waals surface area contributed by atoms with E-state index in [0.717, 1.165) is 10.0 Å². The molecule has 1 N–H and O–H groups in total. The number of benzene rings is 1. The highest BCUT2D eigenvalue weighted by molar-refractivity contribution is 9.10. The Labute approximate surface area is 78.5 Å². The van der Waals surface area contributed by atoms with Crippen LogP contribution in [0.25, 0.3) is 0 Å². The van der Waals surface area contributed by atoms with Crippen molar-refractivity contribution in [1.82, 2.24) is 0 Å². The van der Waals surface area contributed by atoms with E-state index in [1.54, 1.807) is 19.1 Å². The number of halogens is 1. The first-order valence-corrected chi connectivity index (χ1v) is 4.21. The SMILES string of the molecule is Cc1cc(Br)cc(CN=O)c1O. The number of aryl methyl sites for hydroxylation is 1. The molecule has 0 bridgehead atoms. The number of hydrogen-bond acceptors (Lipinski definition) is 3. The van der Waals surface area contributed by atoms with Crippen LogP contribution in [0.3, 0.4) is 0 Å². The zero-order valence-electron chi connectivity index (χ0n) is 6.54. The number of aromatic hydroxyl groups is 1. The van der Waals surface area contributed by atoms with E-state index >= 15 is 0 Å². The monoisotopic (exact) mass is 229 g/mol. The van der Waals surface area contributed by atoms with E-state index in [2.05, 4.69) is 21.1 Å². The first-order valence-electron chi connectivity index (χ1n) is 3.42. The van der Waals surface area contributed by atoms with Crippen molar-refractivity contribution in [2.45, 2.75) is 13.5 Å². The van der Waals surface area contributed by atoms with E-state index in [4.69, 9.17) is 0 Å². The number of nitrogens with zero attached hydrogens (tertiary/aromatic N) is 1. The molecule has 0 fully saturated rings. The van der Waals surface area contributed by atoms with E-state index in [9.17, 15) is 10.0 Å². The molecule has 0 heterocycles. The lowest BCUT2D eigenvalue weighted by molar-refractivity contribution is 0.464. The standard InChI is InChI=1S/C8H8BrNO2/c1-5-2-7(9)3-6(4-10-12)8(5)11/h2-3,11H,4H2,1H3. The quantitative estimate of drug-likeness (QED) is 0.794. The Morgan fingerprint density at radius 1 is 1.58 bits per heavy atom. The van der Waals surface area contributed by atoms with Gasteiger partial charge in [0.15, 0.2) is 0 Å². The van der Waals surface area contributed by atoms with Gasteiger partial charge in [-0.3, -0.25) is 0 Å². The molecule has 0 amide bonds. The summed E-state index contributed by atoms with van der Waals surface area (Å²) in [7, 11) is 0. The molecule has 0 aliphatic carbocycles. The maximum absolute atomic E-state index is 9.97. The summed E-state index contributed by atoms with van der Waals surface area (Å²) in [6.45, 7) is 1.78. The Morgan fingerprint density at radius 2 is 2.25 bits per heavy atom. The van der Waals surface area contributed by atoms with Crippen molar-refractivity contribution in [3.05, 3.63) is 32.6 Å². The molecule has 64 valence electrons. The average molecular weight is 230 g/mol. The van der Waals surface area contributed by atoms with Crippen molar-refractivity contribution in [2.75, 3.05) is 0 Å². The summed E-state index contributed by atoms with van der Waals surface area (Å²) in [6, 6.07) is 3.47. The van der Waals surface area contributed by atoms with Crippen LogP contribution < -0.4 is 0 Å². The molecule has 4 heteroatoms. The van der Waals surface area contributed by atoms with Crippen LogP contribution in [0.15, 0.2) is 21.8 Å². The Bertz CT molecular complexity index is 312. The van der Waals surface area contributed by atoms with E-state index in [-0.39, 0.29) is 12.3 Å². The molecule has 0 unspecified atom stereocenters. The molecule has 0 aliphatic rings. The van der Waals surface area contributed by atoms with E-state index < -0.39 is 0 Å². The summed E-state index contributed by atoms with van der Waals surface area (Å²) in [4.78, 5) is 9.97.